The van der Waals surface area contributed by atoms with Gasteiger partial charge in [-0.15, -0.1) is 0 Å². The van der Waals surface area contributed by atoms with E-state index in [-0.39, 0.29) is 0 Å². The van der Waals surface area contributed by atoms with Crippen molar-refractivity contribution in [2.75, 3.05) is 9.80 Å². The molecule has 7 rings (SSSR count). The Morgan fingerprint density at radius 3 is 1.26 bits per heavy atom. The lowest BCUT2D eigenvalue weighted by Gasteiger charge is -2.27. The first-order valence-corrected chi connectivity index (χ1v) is 16.8. The summed E-state index contributed by atoms with van der Waals surface area (Å²) in [6, 6.07) is 66.5. The first-order chi connectivity index (χ1) is 24.7. The predicted molar refractivity (Wildman–Crippen MR) is 214 cm³/mol. The third-order valence-corrected chi connectivity index (χ3v) is 8.71. The van der Waals surface area contributed by atoms with E-state index in [1.807, 2.05) is 18.2 Å². The van der Waals surface area contributed by atoms with Crippen LogP contribution in [0.3, 0.4) is 0 Å². The molecule has 0 fully saturated rings. The molecule has 0 bridgehead atoms. The second kappa shape index (κ2) is 15.1. The van der Waals surface area contributed by atoms with Gasteiger partial charge in [0.1, 0.15) is 0 Å². The molecule has 0 heterocycles. The Morgan fingerprint density at radius 1 is 0.360 bits per heavy atom. The van der Waals surface area contributed by atoms with Gasteiger partial charge in [0.15, 0.2) is 0 Å². The molecule has 0 saturated carbocycles. The van der Waals surface area contributed by atoms with Gasteiger partial charge >= 0.3 is 0 Å². The minimum atomic E-state index is 0.945. The lowest BCUT2D eigenvalue weighted by atomic mass is 9.93. The lowest BCUT2D eigenvalue weighted by molar-refractivity contribution is 1.21. The summed E-state index contributed by atoms with van der Waals surface area (Å²) in [4.78, 5) is 4.52. The van der Waals surface area contributed by atoms with Crippen molar-refractivity contribution in [3.05, 3.63) is 225 Å². The fraction of sp³-hybridized carbons (Fsp3) is 0. The molecule has 0 spiro atoms. The van der Waals surface area contributed by atoms with Gasteiger partial charge in [0.2, 0.25) is 0 Å². The van der Waals surface area contributed by atoms with Gasteiger partial charge in [0, 0.05) is 34.1 Å². The van der Waals surface area contributed by atoms with E-state index in [0.717, 1.165) is 62.0 Å². The summed E-state index contributed by atoms with van der Waals surface area (Å²) in [5.41, 5.74) is 13.2. The van der Waals surface area contributed by atoms with Gasteiger partial charge in [-0.3, -0.25) is 0 Å². The Labute approximate surface area is 295 Å². The molecule has 0 N–H and O–H groups in total. The molecule has 0 aromatic heterocycles. The second-order valence-electron chi connectivity index (χ2n) is 12.0. The molecule has 7 aromatic carbocycles. The number of hydrogen-bond acceptors (Lipinski definition) is 2. The molecular weight excluding hydrogens is 605 g/mol. The highest BCUT2D eigenvalue weighted by Crippen LogP contribution is 2.39. The smallest absolute Gasteiger partial charge is 0.0467 e. The Hall–Kier alpha value is -6.64. The zero-order valence-corrected chi connectivity index (χ0v) is 27.9. The normalized spacial score (nSPS) is 11.1. The topological polar surface area (TPSA) is 6.48 Å². The Balaban J connectivity index is 1.37. The maximum atomic E-state index is 4.12. The fourth-order valence-corrected chi connectivity index (χ4v) is 6.39. The quantitative estimate of drug-likeness (QED) is 0.130. The number of anilines is 5. The van der Waals surface area contributed by atoms with E-state index in [0.29, 0.717) is 0 Å². The van der Waals surface area contributed by atoms with Crippen LogP contribution >= 0.6 is 0 Å². The van der Waals surface area contributed by atoms with Crippen molar-refractivity contribution in [3.8, 4) is 33.4 Å². The van der Waals surface area contributed by atoms with E-state index in [2.05, 4.69) is 205 Å². The molecule has 0 radical (unpaired) electrons. The van der Waals surface area contributed by atoms with Crippen molar-refractivity contribution >= 4 is 28.4 Å². The molecule has 0 atom stereocenters. The predicted octanol–water partition coefficient (Wildman–Crippen LogP) is 13.6. The number of hydrogen-bond donors (Lipinski definition) is 0. The molecule has 0 aliphatic rings. The molecule has 0 aliphatic carbocycles. The van der Waals surface area contributed by atoms with Crippen molar-refractivity contribution in [1.82, 2.24) is 0 Å². The molecule has 2 nitrogen and oxygen atoms in total. The summed E-state index contributed by atoms with van der Waals surface area (Å²) in [5.74, 6) is 0. The number of para-hydroxylation sites is 3. The van der Waals surface area contributed by atoms with Crippen LogP contribution in [0.4, 0.5) is 28.4 Å². The van der Waals surface area contributed by atoms with Crippen LogP contribution in [0.2, 0.25) is 0 Å². The van der Waals surface area contributed by atoms with E-state index in [1.54, 1.807) is 6.08 Å². The maximum Gasteiger partial charge on any atom is 0.0467 e. The largest absolute Gasteiger partial charge is 0.311 e. The molecule has 7 aromatic rings. The van der Waals surface area contributed by atoms with Crippen LogP contribution in [0.25, 0.3) is 33.4 Å². The Bertz CT molecular complexity index is 2200. The highest BCUT2D eigenvalue weighted by atomic mass is 15.1. The van der Waals surface area contributed by atoms with Crippen LogP contribution in [0.15, 0.2) is 225 Å². The van der Waals surface area contributed by atoms with Gasteiger partial charge in [0.05, 0.1) is 0 Å². The average molecular weight is 643 g/mol. The van der Waals surface area contributed by atoms with Gasteiger partial charge < -0.3 is 9.80 Å². The van der Waals surface area contributed by atoms with Gasteiger partial charge in [-0.2, -0.15) is 0 Å². The van der Waals surface area contributed by atoms with E-state index in [1.165, 1.54) is 5.56 Å². The molecule has 0 amide bonds. The van der Waals surface area contributed by atoms with Crippen molar-refractivity contribution in [3.63, 3.8) is 0 Å². The van der Waals surface area contributed by atoms with Crippen molar-refractivity contribution in [2.24, 2.45) is 0 Å². The number of allylic oxidation sites excluding steroid dienone is 3. The summed E-state index contributed by atoms with van der Waals surface area (Å²) in [5, 5.41) is 0. The highest BCUT2D eigenvalue weighted by Gasteiger charge is 2.16. The third kappa shape index (κ3) is 6.96. The molecular formula is C48H38N2. The van der Waals surface area contributed by atoms with Gasteiger partial charge in [-0.25, -0.2) is 0 Å². The van der Waals surface area contributed by atoms with Crippen LogP contribution < -0.4 is 9.80 Å². The molecule has 0 saturated heterocycles. The maximum absolute atomic E-state index is 4.12. The second-order valence-corrected chi connectivity index (χ2v) is 12.0. The zero-order chi connectivity index (χ0) is 34.1. The van der Waals surface area contributed by atoms with Gasteiger partial charge in [0.25, 0.3) is 0 Å². The summed E-state index contributed by atoms with van der Waals surface area (Å²) >= 11 is 0. The average Bonchev–Trinajstić information content (AvgIpc) is 3.19. The SMILES string of the molecule is C=C/C=C(\C=C)N(c1ccccc1)c1cccc(-c2cc(-c3ccccc3)cc(-c3cccc(N(c4ccccc4)c4ccccc4)c3)c2)c1. The van der Waals surface area contributed by atoms with Crippen LogP contribution in [-0.4, -0.2) is 0 Å². The summed E-state index contributed by atoms with van der Waals surface area (Å²) in [6.45, 7) is 8.08. The minimum absolute atomic E-state index is 0.945. The first-order valence-electron chi connectivity index (χ1n) is 16.8. The lowest BCUT2D eigenvalue weighted by Crippen LogP contribution is -2.14. The minimum Gasteiger partial charge on any atom is -0.311 e. The molecule has 2 heteroatoms. The van der Waals surface area contributed by atoms with Crippen molar-refractivity contribution in [1.29, 1.82) is 0 Å². The molecule has 50 heavy (non-hydrogen) atoms. The zero-order valence-electron chi connectivity index (χ0n) is 27.9. The van der Waals surface area contributed by atoms with Crippen LogP contribution in [0.1, 0.15) is 0 Å². The van der Waals surface area contributed by atoms with Gasteiger partial charge in [-0.05, 0) is 124 Å². The highest BCUT2D eigenvalue weighted by molar-refractivity contribution is 5.85. The Kier molecular flexibility index (Phi) is 9.62. The monoisotopic (exact) mass is 642 g/mol. The summed E-state index contributed by atoms with van der Waals surface area (Å²) < 4.78 is 0. The number of rotatable bonds is 11. The van der Waals surface area contributed by atoms with E-state index in [9.17, 15) is 0 Å². The van der Waals surface area contributed by atoms with Gasteiger partial charge in [-0.1, -0.05) is 128 Å². The van der Waals surface area contributed by atoms with E-state index in [4.69, 9.17) is 0 Å². The van der Waals surface area contributed by atoms with E-state index < -0.39 is 0 Å². The standard InChI is InChI=1S/C48H38N2/c1-3-19-43(4-2)49(44-24-11-6-12-25-44)47-30-17-22-38(35-47)41-32-40(37-20-9-5-10-21-37)33-42(34-41)39-23-18-31-48(36-39)50(45-26-13-7-14-27-45)46-28-15-8-16-29-46/h3-36H,1-2H2/b43-19+. The number of nitrogens with zero attached hydrogens (tertiary/aromatic N) is 2. The summed E-state index contributed by atoms with van der Waals surface area (Å²) in [7, 11) is 0. The molecule has 0 unspecified atom stereocenters. The van der Waals surface area contributed by atoms with Crippen LogP contribution in [-0.2, 0) is 0 Å². The van der Waals surface area contributed by atoms with Crippen molar-refractivity contribution < 1.29 is 0 Å². The van der Waals surface area contributed by atoms with Crippen LogP contribution in [0, 0.1) is 0 Å². The van der Waals surface area contributed by atoms with Crippen LogP contribution in [0.5, 0.6) is 0 Å². The van der Waals surface area contributed by atoms with E-state index >= 15 is 0 Å². The Morgan fingerprint density at radius 2 is 0.760 bits per heavy atom. The summed E-state index contributed by atoms with van der Waals surface area (Å²) in [6.07, 6.45) is 5.66. The number of benzene rings is 7. The fourth-order valence-electron chi connectivity index (χ4n) is 6.39. The van der Waals surface area contributed by atoms with Crippen molar-refractivity contribution in [2.45, 2.75) is 0 Å². The third-order valence-electron chi connectivity index (χ3n) is 8.71. The first kappa shape index (κ1) is 31.9. The molecule has 240 valence electrons. The molecule has 0 aliphatic heterocycles.